The van der Waals surface area contributed by atoms with Gasteiger partial charge < -0.3 is 18.9 Å². The smallest absolute Gasteiger partial charge is 0.419 e. The van der Waals surface area contributed by atoms with Crippen molar-refractivity contribution in [2.45, 2.75) is 44.6 Å². The Bertz CT molecular complexity index is 716. The summed E-state index contributed by atoms with van der Waals surface area (Å²) in [5, 5.41) is 0. The number of hydrogen-bond acceptors (Lipinski definition) is 6. The predicted octanol–water partition coefficient (Wildman–Crippen LogP) is 4.13. The van der Waals surface area contributed by atoms with Gasteiger partial charge in [-0.25, -0.2) is 4.79 Å². The second-order valence-electron chi connectivity index (χ2n) is 7.92. The van der Waals surface area contributed by atoms with E-state index in [1.54, 1.807) is 0 Å². The van der Waals surface area contributed by atoms with Crippen LogP contribution in [0.1, 0.15) is 48.0 Å². The first-order valence-electron chi connectivity index (χ1n) is 10.8. The Kier molecular flexibility index (Phi) is 8.57. The SMILES string of the molecule is COC(Oc1cc(C(=O)OCCN2CCOCC2)ccc1C(F)(F)F)C1CCCCC1. The van der Waals surface area contributed by atoms with Crippen LogP contribution in [0.2, 0.25) is 0 Å². The number of esters is 1. The third-order valence-corrected chi connectivity index (χ3v) is 5.78. The topological polar surface area (TPSA) is 57.2 Å². The van der Waals surface area contributed by atoms with E-state index in [0.717, 1.165) is 63.4 Å². The van der Waals surface area contributed by atoms with E-state index in [-0.39, 0.29) is 18.1 Å². The summed E-state index contributed by atoms with van der Waals surface area (Å²) in [4.78, 5) is 14.5. The molecule has 1 aromatic rings. The molecule has 174 valence electrons. The number of carbonyl (C=O) groups excluding carboxylic acids is 1. The van der Waals surface area contributed by atoms with Crippen molar-refractivity contribution in [2.24, 2.45) is 5.92 Å². The van der Waals surface area contributed by atoms with Crippen molar-refractivity contribution in [1.82, 2.24) is 4.90 Å². The first-order valence-corrected chi connectivity index (χ1v) is 10.8. The Morgan fingerprint density at radius 3 is 2.55 bits per heavy atom. The van der Waals surface area contributed by atoms with E-state index in [2.05, 4.69) is 4.90 Å². The van der Waals surface area contributed by atoms with Crippen molar-refractivity contribution in [3.63, 3.8) is 0 Å². The van der Waals surface area contributed by atoms with Gasteiger partial charge in [0.25, 0.3) is 0 Å². The second kappa shape index (κ2) is 11.2. The van der Waals surface area contributed by atoms with Gasteiger partial charge in [-0.15, -0.1) is 0 Å². The van der Waals surface area contributed by atoms with Gasteiger partial charge in [0.05, 0.1) is 24.3 Å². The van der Waals surface area contributed by atoms with Gasteiger partial charge in [0.15, 0.2) is 0 Å². The molecule has 0 aromatic heterocycles. The first kappa shape index (κ1) is 23.8. The molecule has 1 aromatic carbocycles. The lowest BCUT2D eigenvalue weighted by Gasteiger charge is -2.30. The Balaban J connectivity index is 1.69. The zero-order valence-corrected chi connectivity index (χ0v) is 17.8. The molecule has 1 saturated heterocycles. The normalized spacial score (nSPS) is 19.7. The lowest BCUT2D eigenvalue weighted by molar-refractivity contribution is -0.144. The lowest BCUT2D eigenvalue weighted by Crippen LogP contribution is -2.38. The summed E-state index contributed by atoms with van der Waals surface area (Å²) in [7, 11) is 1.43. The van der Waals surface area contributed by atoms with Crippen molar-refractivity contribution < 1.29 is 36.9 Å². The molecule has 0 amide bonds. The van der Waals surface area contributed by atoms with E-state index in [0.29, 0.717) is 19.8 Å². The lowest BCUT2D eigenvalue weighted by atomic mass is 9.89. The van der Waals surface area contributed by atoms with Crippen LogP contribution in [0.15, 0.2) is 18.2 Å². The summed E-state index contributed by atoms with van der Waals surface area (Å²) < 4.78 is 62.2. The number of hydrogen-bond donors (Lipinski definition) is 0. The highest BCUT2D eigenvalue weighted by Gasteiger charge is 2.36. The Morgan fingerprint density at radius 1 is 1.19 bits per heavy atom. The summed E-state index contributed by atoms with van der Waals surface area (Å²) in [5.41, 5.74) is -0.918. The molecule has 1 saturated carbocycles. The molecule has 3 rings (SSSR count). The van der Waals surface area contributed by atoms with E-state index < -0.39 is 29.7 Å². The molecule has 1 aliphatic heterocycles. The maximum absolute atomic E-state index is 13.5. The molecule has 6 nitrogen and oxygen atoms in total. The maximum Gasteiger partial charge on any atom is 0.419 e. The van der Waals surface area contributed by atoms with Crippen LogP contribution in [0, 0.1) is 5.92 Å². The average Bonchev–Trinajstić information content (AvgIpc) is 2.78. The summed E-state index contributed by atoms with van der Waals surface area (Å²) in [5.74, 6) is -1.07. The maximum atomic E-state index is 13.5. The second-order valence-corrected chi connectivity index (χ2v) is 7.92. The minimum absolute atomic E-state index is 0.0171. The van der Waals surface area contributed by atoms with Gasteiger partial charge >= 0.3 is 12.1 Å². The van der Waals surface area contributed by atoms with Crippen LogP contribution in [0.3, 0.4) is 0 Å². The molecule has 0 radical (unpaired) electrons. The third kappa shape index (κ3) is 6.82. The molecular weight excluding hydrogens is 415 g/mol. The standard InChI is InChI=1S/C22H30F3NO5/c1-28-21(16-5-3-2-4-6-16)31-19-15-17(7-8-18(19)22(23,24)25)20(27)30-14-11-26-9-12-29-13-10-26/h7-8,15-16,21H,2-6,9-14H2,1H3. The number of methoxy groups -OCH3 is 1. The van der Waals surface area contributed by atoms with Crippen molar-refractivity contribution in [3.05, 3.63) is 29.3 Å². The minimum Gasteiger partial charge on any atom is -0.464 e. The van der Waals surface area contributed by atoms with Crippen LogP contribution in [-0.4, -0.2) is 63.7 Å². The number of ether oxygens (including phenoxy) is 4. The third-order valence-electron chi connectivity index (χ3n) is 5.78. The van der Waals surface area contributed by atoms with E-state index >= 15 is 0 Å². The largest absolute Gasteiger partial charge is 0.464 e. The molecule has 1 aliphatic carbocycles. The molecule has 31 heavy (non-hydrogen) atoms. The minimum atomic E-state index is -4.61. The Labute approximate surface area is 180 Å². The number of nitrogens with zero attached hydrogens (tertiary/aromatic N) is 1. The van der Waals surface area contributed by atoms with Crippen LogP contribution >= 0.6 is 0 Å². The molecule has 2 aliphatic rings. The molecule has 1 unspecified atom stereocenters. The number of halogens is 3. The highest BCUT2D eigenvalue weighted by molar-refractivity contribution is 5.90. The van der Waals surface area contributed by atoms with E-state index in [9.17, 15) is 18.0 Å². The Hall–Kier alpha value is -1.84. The van der Waals surface area contributed by atoms with Crippen LogP contribution < -0.4 is 4.74 Å². The van der Waals surface area contributed by atoms with Gasteiger partial charge in [-0.1, -0.05) is 19.3 Å². The summed E-state index contributed by atoms with van der Waals surface area (Å²) >= 11 is 0. The van der Waals surface area contributed by atoms with Crippen molar-refractivity contribution in [2.75, 3.05) is 46.6 Å². The predicted molar refractivity (Wildman–Crippen MR) is 107 cm³/mol. The van der Waals surface area contributed by atoms with E-state index in [1.807, 2.05) is 0 Å². The molecule has 2 fully saturated rings. The first-order chi connectivity index (χ1) is 14.9. The van der Waals surface area contributed by atoms with Gasteiger partial charge in [0.1, 0.15) is 12.4 Å². The molecule has 0 N–H and O–H groups in total. The van der Waals surface area contributed by atoms with Crippen molar-refractivity contribution in [1.29, 1.82) is 0 Å². The Morgan fingerprint density at radius 2 is 1.90 bits per heavy atom. The van der Waals surface area contributed by atoms with Gasteiger partial charge in [-0.3, -0.25) is 4.90 Å². The van der Waals surface area contributed by atoms with Gasteiger partial charge in [-0.05, 0) is 31.0 Å². The van der Waals surface area contributed by atoms with Gasteiger partial charge in [-0.2, -0.15) is 13.2 Å². The van der Waals surface area contributed by atoms with Gasteiger partial charge in [0, 0.05) is 32.7 Å². The molecular formula is C22H30F3NO5. The van der Waals surface area contributed by atoms with Crippen LogP contribution in [0.25, 0.3) is 0 Å². The molecule has 1 heterocycles. The number of morpholine rings is 1. The molecule has 9 heteroatoms. The molecule has 0 spiro atoms. The quantitative estimate of drug-likeness (QED) is 0.443. The zero-order chi connectivity index (χ0) is 22.3. The van der Waals surface area contributed by atoms with Gasteiger partial charge in [0.2, 0.25) is 6.29 Å². The highest BCUT2D eigenvalue weighted by atomic mass is 19.4. The summed E-state index contributed by atoms with van der Waals surface area (Å²) in [6.45, 7) is 3.49. The monoisotopic (exact) mass is 445 g/mol. The van der Waals surface area contributed by atoms with Crippen molar-refractivity contribution >= 4 is 5.97 Å². The average molecular weight is 445 g/mol. The number of alkyl halides is 3. The number of carbonyl (C=O) groups is 1. The summed E-state index contributed by atoms with van der Waals surface area (Å²) in [6.07, 6.45) is -0.642. The fourth-order valence-electron chi connectivity index (χ4n) is 4.02. The van der Waals surface area contributed by atoms with E-state index in [1.165, 1.54) is 7.11 Å². The number of rotatable bonds is 8. The fraction of sp³-hybridized carbons (Fsp3) is 0.682. The fourth-order valence-corrected chi connectivity index (χ4v) is 4.02. The zero-order valence-electron chi connectivity index (χ0n) is 17.8. The number of benzene rings is 1. The van der Waals surface area contributed by atoms with E-state index in [4.69, 9.17) is 18.9 Å². The van der Waals surface area contributed by atoms with Crippen LogP contribution in [-0.2, 0) is 20.4 Å². The highest BCUT2D eigenvalue weighted by Crippen LogP contribution is 2.39. The summed E-state index contributed by atoms with van der Waals surface area (Å²) in [6, 6.07) is 3.09. The molecule has 1 atom stereocenters. The van der Waals surface area contributed by atoms with Crippen LogP contribution in [0.5, 0.6) is 5.75 Å². The molecule has 0 bridgehead atoms. The van der Waals surface area contributed by atoms with Crippen molar-refractivity contribution in [3.8, 4) is 5.75 Å². The van der Waals surface area contributed by atoms with Crippen LogP contribution in [0.4, 0.5) is 13.2 Å².